The van der Waals surface area contributed by atoms with Gasteiger partial charge in [0.2, 0.25) is 5.88 Å². The Kier molecular flexibility index (Phi) is 5.01. The van der Waals surface area contributed by atoms with E-state index in [1.807, 2.05) is 14.0 Å². The first-order chi connectivity index (χ1) is 9.63. The van der Waals surface area contributed by atoms with Crippen molar-refractivity contribution in [3.8, 4) is 5.88 Å². The molecular formula is C14H26N4O2. The molecule has 20 heavy (non-hydrogen) atoms. The van der Waals surface area contributed by atoms with Gasteiger partial charge in [0, 0.05) is 33.3 Å². The van der Waals surface area contributed by atoms with Crippen LogP contribution >= 0.6 is 0 Å². The quantitative estimate of drug-likeness (QED) is 0.765. The van der Waals surface area contributed by atoms with Crippen LogP contribution in [0.4, 0.5) is 0 Å². The fourth-order valence-electron chi connectivity index (χ4n) is 2.89. The molecule has 0 radical (unpaired) electrons. The van der Waals surface area contributed by atoms with Crippen LogP contribution in [0.2, 0.25) is 0 Å². The second kappa shape index (κ2) is 6.56. The smallest absolute Gasteiger partial charge is 0.216 e. The summed E-state index contributed by atoms with van der Waals surface area (Å²) in [5.41, 5.74) is 8.17. The Labute approximate surface area is 120 Å². The normalized spacial score (nSPS) is 16.7. The number of nitrogens with zero attached hydrogens (tertiary/aromatic N) is 3. The monoisotopic (exact) mass is 282 g/mol. The Morgan fingerprint density at radius 2 is 2.15 bits per heavy atom. The van der Waals surface area contributed by atoms with Gasteiger partial charge in [0.05, 0.1) is 31.0 Å². The van der Waals surface area contributed by atoms with Gasteiger partial charge in [-0.3, -0.25) is 4.90 Å². The molecule has 1 unspecified atom stereocenters. The third kappa shape index (κ3) is 2.97. The molecular weight excluding hydrogens is 256 g/mol. The van der Waals surface area contributed by atoms with Crippen LogP contribution in [0.15, 0.2) is 0 Å². The van der Waals surface area contributed by atoms with Crippen molar-refractivity contribution in [2.75, 3.05) is 33.9 Å². The summed E-state index contributed by atoms with van der Waals surface area (Å²) in [6, 6.07) is 0.754. The molecule has 0 amide bonds. The number of nitrogens with two attached hydrogens (primary N) is 1. The van der Waals surface area contributed by atoms with Crippen LogP contribution in [0.1, 0.15) is 30.1 Å². The Hall–Kier alpha value is -1.11. The van der Waals surface area contributed by atoms with E-state index in [1.54, 1.807) is 18.9 Å². The minimum absolute atomic E-state index is 0.140. The molecule has 1 aromatic heterocycles. The molecule has 1 saturated carbocycles. The van der Waals surface area contributed by atoms with Crippen molar-refractivity contribution in [2.45, 2.75) is 31.8 Å². The molecule has 0 saturated heterocycles. The van der Waals surface area contributed by atoms with E-state index in [0.717, 1.165) is 23.7 Å². The minimum atomic E-state index is 0.140. The summed E-state index contributed by atoms with van der Waals surface area (Å²) in [6.07, 6.45) is 2.48. The van der Waals surface area contributed by atoms with E-state index in [0.29, 0.717) is 19.2 Å². The van der Waals surface area contributed by atoms with E-state index in [9.17, 15) is 0 Å². The highest BCUT2D eigenvalue weighted by Gasteiger charge is 2.36. The number of aromatic nitrogens is 2. The lowest BCUT2D eigenvalue weighted by atomic mass is 10.1. The van der Waals surface area contributed by atoms with Crippen LogP contribution in [-0.2, 0) is 11.8 Å². The lowest BCUT2D eigenvalue weighted by Crippen LogP contribution is -2.38. The predicted octanol–water partition coefficient (Wildman–Crippen LogP) is 0.848. The van der Waals surface area contributed by atoms with Crippen molar-refractivity contribution in [1.29, 1.82) is 0 Å². The average Bonchev–Trinajstić information content (AvgIpc) is 3.21. The molecule has 1 aliphatic rings. The zero-order valence-electron chi connectivity index (χ0n) is 12.9. The van der Waals surface area contributed by atoms with E-state index >= 15 is 0 Å². The van der Waals surface area contributed by atoms with Crippen molar-refractivity contribution in [3.63, 3.8) is 0 Å². The van der Waals surface area contributed by atoms with Crippen molar-refractivity contribution in [3.05, 3.63) is 11.3 Å². The van der Waals surface area contributed by atoms with Gasteiger partial charge in [-0.2, -0.15) is 5.10 Å². The van der Waals surface area contributed by atoms with E-state index in [2.05, 4.69) is 10.00 Å². The number of hydrogen-bond acceptors (Lipinski definition) is 5. The van der Waals surface area contributed by atoms with Crippen LogP contribution in [0.3, 0.4) is 0 Å². The number of hydrogen-bond donors (Lipinski definition) is 1. The summed E-state index contributed by atoms with van der Waals surface area (Å²) in [5, 5.41) is 4.47. The number of ether oxygens (including phenoxy) is 2. The zero-order chi connectivity index (χ0) is 14.7. The highest BCUT2D eigenvalue weighted by Crippen LogP contribution is 2.38. The molecule has 0 spiro atoms. The van der Waals surface area contributed by atoms with Crippen LogP contribution in [0.5, 0.6) is 5.88 Å². The van der Waals surface area contributed by atoms with E-state index in [4.69, 9.17) is 15.2 Å². The van der Waals surface area contributed by atoms with Crippen molar-refractivity contribution in [2.24, 2.45) is 12.8 Å². The molecule has 1 aliphatic carbocycles. The van der Waals surface area contributed by atoms with E-state index in [1.165, 1.54) is 12.8 Å². The third-order valence-electron chi connectivity index (χ3n) is 3.93. The maximum absolute atomic E-state index is 6.07. The van der Waals surface area contributed by atoms with Gasteiger partial charge in [-0.25, -0.2) is 4.68 Å². The summed E-state index contributed by atoms with van der Waals surface area (Å²) in [7, 11) is 5.32. The Balaban J connectivity index is 2.29. The maximum atomic E-state index is 6.07. The highest BCUT2D eigenvalue weighted by molar-refractivity contribution is 5.35. The number of methoxy groups -OCH3 is 2. The molecule has 0 bridgehead atoms. The van der Waals surface area contributed by atoms with Crippen LogP contribution in [0.25, 0.3) is 0 Å². The molecule has 1 fully saturated rings. The second-order valence-corrected chi connectivity index (χ2v) is 5.35. The third-order valence-corrected chi connectivity index (χ3v) is 3.93. The maximum Gasteiger partial charge on any atom is 0.216 e. The lowest BCUT2D eigenvalue weighted by Gasteiger charge is -2.31. The van der Waals surface area contributed by atoms with E-state index in [-0.39, 0.29) is 6.04 Å². The molecule has 6 nitrogen and oxygen atoms in total. The van der Waals surface area contributed by atoms with Crippen molar-refractivity contribution in [1.82, 2.24) is 14.7 Å². The van der Waals surface area contributed by atoms with Crippen molar-refractivity contribution < 1.29 is 9.47 Å². The SMILES string of the molecule is COCCN(C1CC1)C(CN)c1c(C)nn(C)c1OC. The summed E-state index contributed by atoms with van der Waals surface area (Å²) < 4.78 is 12.5. The second-order valence-electron chi connectivity index (χ2n) is 5.35. The minimum Gasteiger partial charge on any atom is -0.481 e. The zero-order valence-corrected chi connectivity index (χ0v) is 12.9. The molecule has 0 aliphatic heterocycles. The first-order valence-electron chi connectivity index (χ1n) is 7.16. The fraction of sp³-hybridized carbons (Fsp3) is 0.786. The van der Waals surface area contributed by atoms with Crippen LogP contribution in [0, 0.1) is 6.92 Å². The molecule has 1 aromatic rings. The molecule has 6 heteroatoms. The van der Waals surface area contributed by atoms with Gasteiger partial charge in [0.1, 0.15) is 0 Å². The summed E-state index contributed by atoms with van der Waals surface area (Å²) in [5.74, 6) is 0.806. The molecule has 1 atom stereocenters. The van der Waals surface area contributed by atoms with Crippen molar-refractivity contribution >= 4 is 0 Å². The topological polar surface area (TPSA) is 65.5 Å². The van der Waals surface area contributed by atoms with Gasteiger partial charge < -0.3 is 15.2 Å². The Bertz CT molecular complexity index is 443. The van der Waals surface area contributed by atoms with Gasteiger partial charge >= 0.3 is 0 Å². The number of aryl methyl sites for hydroxylation is 2. The Morgan fingerprint density at radius 3 is 2.65 bits per heavy atom. The highest BCUT2D eigenvalue weighted by atomic mass is 16.5. The molecule has 114 valence electrons. The molecule has 2 rings (SSSR count). The molecule has 0 aromatic carbocycles. The van der Waals surface area contributed by atoms with E-state index < -0.39 is 0 Å². The standard InChI is InChI=1S/C14H26N4O2/c1-10-13(14(20-4)17(2)16-10)12(9-15)18(7-8-19-3)11-5-6-11/h11-12H,5-9,15H2,1-4H3. The van der Waals surface area contributed by atoms with Gasteiger partial charge in [-0.15, -0.1) is 0 Å². The Morgan fingerprint density at radius 1 is 1.45 bits per heavy atom. The largest absolute Gasteiger partial charge is 0.481 e. The summed E-state index contributed by atoms with van der Waals surface area (Å²) >= 11 is 0. The first kappa shape index (κ1) is 15.3. The van der Waals surface area contributed by atoms with Gasteiger partial charge in [0.15, 0.2) is 0 Å². The van der Waals surface area contributed by atoms with Crippen LogP contribution in [-0.4, -0.2) is 54.6 Å². The summed E-state index contributed by atoms with van der Waals surface area (Å²) in [6.45, 7) is 4.18. The average molecular weight is 282 g/mol. The number of rotatable bonds is 8. The lowest BCUT2D eigenvalue weighted by molar-refractivity contribution is 0.114. The molecule has 2 N–H and O–H groups in total. The summed E-state index contributed by atoms with van der Waals surface area (Å²) in [4.78, 5) is 2.44. The predicted molar refractivity (Wildman–Crippen MR) is 77.9 cm³/mol. The molecule has 1 heterocycles. The fourth-order valence-corrected chi connectivity index (χ4v) is 2.89. The van der Waals surface area contributed by atoms with Gasteiger partial charge in [-0.05, 0) is 19.8 Å². The first-order valence-corrected chi connectivity index (χ1v) is 7.16. The van der Waals surface area contributed by atoms with Crippen LogP contribution < -0.4 is 10.5 Å². The van der Waals surface area contributed by atoms with Gasteiger partial charge in [0.25, 0.3) is 0 Å². The van der Waals surface area contributed by atoms with Gasteiger partial charge in [-0.1, -0.05) is 0 Å².